The number of hydrogen-bond donors (Lipinski definition) is 2. The van der Waals surface area contributed by atoms with Crippen LogP contribution in [0.2, 0.25) is 5.02 Å². The third-order valence-corrected chi connectivity index (χ3v) is 5.71. The van der Waals surface area contributed by atoms with Gasteiger partial charge in [-0.3, -0.25) is 9.59 Å². The number of thioether (sulfide) groups is 1. The molecule has 1 heterocycles. The van der Waals surface area contributed by atoms with Gasteiger partial charge in [0, 0.05) is 23.4 Å². The highest BCUT2D eigenvalue weighted by molar-refractivity contribution is 7.99. The SMILES string of the molecule is Cc1cc(Cl)ccc1NC(=O)CSc1nnc(CC(=O)Nc2ccccc2C)n1C. The summed E-state index contributed by atoms with van der Waals surface area (Å²) in [6, 6.07) is 12.9. The van der Waals surface area contributed by atoms with E-state index in [4.69, 9.17) is 11.6 Å². The average Bonchev–Trinajstić information content (AvgIpc) is 3.04. The maximum Gasteiger partial charge on any atom is 0.234 e. The quantitative estimate of drug-likeness (QED) is 0.539. The minimum absolute atomic E-state index is 0.0918. The number of carbonyl (C=O) groups is 2. The molecular weight excluding hydrogens is 422 g/mol. The maximum absolute atomic E-state index is 12.3. The molecule has 0 saturated heterocycles. The summed E-state index contributed by atoms with van der Waals surface area (Å²) >= 11 is 7.20. The average molecular weight is 444 g/mol. The molecule has 3 aromatic rings. The molecule has 0 atom stereocenters. The Kier molecular flexibility index (Phi) is 7.12. The first-order chi connectivity index (χ1) is 14.3. The van der Waals surface area contributed by atoms with Gasteiger partial charge in [0.25, 0.3) is 0 Å². The fraction of sp³-hybridized carbons (Fsp3) is 0.238. The fourth-order valence-corrected chi connectivity index (χ4v) is 3.72. The second-order valence-corrected chi connectivity index (χ2v) is 8.17. The molecule has 156 valence electrons. The Balaban J connectivity index is 1.55. The van der Waals surface area contributed by atoms with Crippen LogP contribution in [0.3, 0.4) is 0 Å². The lowest BCUT2D eigenvalue weighted by atomic mass is 10.2. The Bertz CT molecular complexity index is 1080. The first-order valence-electron chi connectivity index (χ1n) is 9.26. The largest absolute Gasteiger partial charge is 0.325 e. The van der Waals surface area contributed by atoms with Crippen molar-refractivity contribution in [2.75, 3.05) is 16.4 Å². The van der Waals surface area contributed by atoms with Crippen molar-refractivity contribution in [2.45, 2.75) is 25.4 Å². The molecule has 3 rings (SSSR count). The van der Waals surface area contributed by atoms with Crippen molar-refractivity contribution in [1.29, 1.82) is 0 Å². The number of halogens is 1. The van der Waals surface area contributed by atoms with Gasteiger partial charge in [-0.1, -0.05) is 41.6 Å². The predicted molar refractivity (Wildman–Crippen MR) is 120 cm³/mol. The van der Waals surface area contributed by atoms with Crippen molar-refractivity contribution in [1.82, 2.24) is 14.8 Å². The number of benzene rings is 2. The zero-order valence-corrected chi connectivity index (χ0v) is 18.5. The van der Waals surface area contributed by atoms with E-state index in [9.17, 15) is 9.59 Å². The van der Waals surface area contributed by atoms with Gasteiger partial charge in [0.15, 0.2) is 5.16 Å². The standard InChI is InChI=1S/C21H22ClN5O2S/c1-13-6-4-5-7-16(13)23-19(28)11-18-25-26-21(27(18)3)30-12-20(29)24-17-9-8-15(22)10-14(17)2/h4-10H,11-12H2,1-3H3,(H,23,28)(H,24,29). The molecule has 9 heteroatoms. The van der Waals surface area contributed by atoms with E-state index in [-0.39, 0.29) is 24.0 Å². The van der Waals surface area contributed by atoms with Crippen LogP contribution in [0.5, 0.6) is 0 Å². The summed E-state index contributed by atoms with van der Waals surface area (Å²) in [4.78, 5) is 24.6. The highest BCUT2D eigenvalue weighted by Crippen LogP contribution is 2.21. The molecule has 30 heavy (non-hydrogen) atoms. The molecule has 7 nitrogen and oxygen atoms in total. The molecular formula is C21H22ClN5O2S. The maximum atomic E-state index is 12.3. The fourth-order valence-electron chi connectivity index (χ4n) is 2.76. The number of nitrogens with zero attached hydrogens (tertiary/aromatic N) is 3. The van der Waals surface area contributed by atoms with Crippen LogP contribution in [0.15, 0.2) is 47.6 Å². The highest BCUT2D eigenvalue weighted by atomic mass is 35.5. The third-order valence-electron chi connectivity index (χ3n) is 4.46. The third kappa shape index (κ3) is 5.61. The van der Waals surface area contributed by atoms with Gasteiger partial charge in [-0.15, -0.1) is 10.2 Å². The predicted octanol–water partition coefficient (Wildman–Crippen LogP) is 4.00. The molecule has 2 N–H and O–H groups in total. The lowest BCUT2D eigenvalue weighted by molar-refractivity contribution is -0.116. The molecule has 0 radical (unpaired) electrons. The van der Waals surface area contributed by atoms with Crippen molar-refractivity contribution in [3.8, 4) is 0 Å². The summed E-state index contributed by atoms with van der Waals surface area (Å²) in [5.74, 6) is 0.362. The smallest absolute Gasteiger partial charge is 0.234 e. The van der Waals surface area contributed by atoms with E-state index < -0.39 is 0 Å². The number of nitrogens with one attached hydrogen (secondary N) is 2. The molecule has 0 aliphatic rings. The van der Waals surface area contributed by atoms with E-state index in [1.54, 1.807) is 29.8 Å². The number of rotatable bonds is 7. The summed E-state index contributed by atoms with van der Waals surface area (Å²) in [5, 5.41) is 15.1. The lowest BCUT2D eigenvalue weighted by Crippen LogP contribution is -2.18. The molecule has 0 bridgehead atoms. The summed E-state index contributed by atoms with van der Waals surface area (Å²) in [6.07, 6.45) is 0.0918. The van der Waals surface area contributed by atoms with Crippen LogP contribution >= 0.6 is 23.4 Å². The van der Waals surface area contributed by atoms with Crippen LogP contribution in [-0.2, 0) is 23.1 Å². The molecule has 0 aliphatic carbocycles. The molecule has 0 fully saturated rings. The van der Waals surface area contributed by atoms with Gasteiger partial charge in [-0.2, -0.15) is 0 Å². The van der Waals surface area contributed by atoms with Crippen molar-refractivity contribution in [3.05, 3.63) is 64.4 Å². The van der Waals surface area contributed by atoms with E-state index in [0.29, 0.717) is 16.0 Å². The van der Waals surface area contributed by atoms with Crippen molar-refractivity contribution < 1.29 is 9.59 Å². The van der Waals surface area contributed by atoms with Crippen molar-refractivity contribution in [3.63, 3.8) is 0 Å². The summed E-state index contributed by atoms with van der Waals surface area (Å²) < 4.78 is 1.73. The van der Waals surface area contributed by atoms with Crippen LogP contribution in [0.1, 0.15) is 17.0 Å². The minimum atomic E-state index is -0.174. The van der Waals surface area contributed by atoms with Crippen LogP contribution in [0.25, 0.3) is 0 Å². The topological polar surface area (TPSA) is 88.9 Å². The summed E-state index contributed by atoms with van der Waals surface area (Å²) in [5.41, 5.74) is 3.37. The molecule has 0 saturated carbocycles. The first kappa shape index (κ1) is 21.9. The van der Waals surface area contributed by atoms with Gasteiger partial charge < -0.3 is 15.2 Å². The van der Waals surface area contributed by atoms with Crippen LogP contribution in [-0.4, -0.2) is 32.3 Å². The van der Waals surface area contributed by atoms with Gasteiger partial charge >= 0.3 is 0 Å². The molecule has 1 aromatic heterocycles. The summed E-state index contributed by atoms with van der Waals surface area (Å²) in [7, 11) is 1.78. The molecule has 0 spiro atoms. The van der Waals surface area contributed by atoms with E-state index >= 15 is 0 Å². The zero-order valence-electron chi connectivity index (χ0n) is 16.9. The Labute approximate surface area is 184 Å². The second kappa shape index (κ2) is 9.77. The van der Waals surface area contributed by atoms with E-state index in [1.807, 2.05) is 38.1 Å². The number of carbonyl (C=O) groups excluding carboxylic acids is 2. The van der Waals surface area contributed by atoms with E-state index in [2.05, 4.69) is 20.8 Å². The van der Waals surface area contributed by atoms with Crippen LogP contribution in [0, 0.1) is 13.8 Å². The molecule has 0 unspecified atom stereocenters. The highest BCUT2D eigenvalue weighted by Gasteiger charge is 2.15. The van der Waals surface area contributed by atoms with Crippen molar-refractivity contribution >= 4 is 46.6 Å². The zero-order chi connectivity index (χ0) is 21.7. The number of aryl methyl sites for hydroxylation is 2. The van der Waals surface area contributed by atoms with Crippen molar-refractivity contribution in [2.24, 2.45) is 7.05 Å². The monoisotopic (exact) mass is 443 g/mol. The Morgan fingerprint density at radius 1 is 1.00 bits per heavy atom. The lowest BCUT2D eigenvalue weighted by Gasteiger charge is -2.09. The number of amides is 2. The normalized spacial score (nSPS) is 10.7. The van der Waals surface area contributed by atoms with Crippen LogP contribution < -0.4 is 10.6 Å². The number of para-hydroxylation sites is 1. The van der Waals surface area contributed by atoms with Gasteiger partial charge in [-0.25, -0.2) is 0 Å². The van der Waals surface area contributed by atoms with Crippen LogP contribution in [0.4, 0.5) is 11.4 Å². The molecule has 2 amide bonds. The second-order valence-electron chi connectivity index (χ2n) is 6.79. The van der Waals surface area contributed by atoms with E-state index in [1.165, 1.54) is 11.8 Å². The van der Waals surface area contributed by atoms with Gasteiger partial charge in [0.2, 0.25) is 11.8 Å². The van der Waals surface area contributed by atoms with Gasteiger partial charge in [0.1, 0.15) is 5.82 Å². The van der Waals surface area contributed by atoms with E-state index in [0.717, 1.165) is 22.5 Å². The number of anilines is 2. The first-order valence-corrected chi connectivity index (χ1v) is 10.6. The van der Waals surface area contributed by atoms with Gasteiger partial charge in [0.05, 0.1) is 12.2 Å². The minimum Gasteiger partial charge on any atom is -0.325 e. The summed E-state index contributed by atoms with van der Waals surface area (Å²) in [6.45, 7) is 3.81. The Morgan fingerprint density at radius 2 is 1.70 bits per heavy atom. The Morgan fingerprint density at radius 3 is 2.43 bits per heavy atom. The van der Waals surface area contributed by atoms with Gasteiger partial charge in [-0.05, 0) is 49.2 Å². The molecule has 0 aliphatic heterocycles. The Hall–Kier alpha value is -2.84. The number of aromatic nitrogens is 3. The number of hydrogen-bond acceptors (Lipinski definition) is 5. The molecule has 2 aromatic carbocycles.